The fourth-order valence-electron chi connectivity index (χ4n) is 3.10. The summed E-state index contributed by atoms with van der Waals surface area (Å²) in [7, 11) is 0. The quantitative estimate of drug-likeness (QED) is 0.867. The minimum Gasteiger partial charge on any atom is -0.361 e. The first-order valence-corrected chi connectivity index (χ1v) is 7.81. The van der Waals surface area contributed by atoms with Gasteiger partial charge in [0.2, 0.25) is 0 Å². The molecular weight excluding hydrogens is 282 g/mol. The second-order valence-corrected chi connectivity index (χ2v) is 5.82. The summed E-state index contributed by atoms with van der Waals surface area (Å²) in [4.78, 5) is 14.7. The van der Waals surface area contributed by atoms with Crippen LogP contribution in [0.25, 0.3) is 0 Å². The average Bonchev–Trinajstić information content (AvgIpc) is 3.19. The van der Waals surface area contributed by atoms with Crippen molar-refractivity contribution < 1.29 is 13.8 Å². The molecule has 0 saturated carbocycles. The largest absolute Gasteiger partial charge is 0.361 e. The van der Waals surface area contributed by atoms with Crippen molar-refractivity contribution in [1.29, 1.82) is 0 Å². The molecule has 2 aromatic rings. The van der Waals surface area contributed by atoms with Crippen molar-refractivity contribution in [2.24, 2.45) is 0 Å². The van der Waals surface area contributed by atoms with Crippen LogP contribution in [0.4, 0.5) is 0 Å². The molecule has 0 N–H and O–H groups in total. The third-order valence-electron chi connectivity index (χ3n) is 4.18. The van der Waals surface area contributed by atoms with Gasteiger partial charge < -0.3 is 13.9 Å². The highest BCUT2D eigenvalue weighted by Crippen LogP contribution is 2.33. The van der Waals surface area contributed by atoms with Crippen LogP contribution in [0.3, 0.4) is 0 Å². The maximum Gasteiger partial charge on any atom is 0.259 e. The van der Waals surface area contributed by atoms with Crippen LogP contribution in [0, 0.1) is 13.8 Å². The minimum absolute atomic E-state index is 0.0180. The maximum atomic E-state index is 12.8. The molecule has 22 heavy (non-hydrogen) atoms. The first-order valence-electron chi connectivity index (χ1n) is 7.81. The number of aromatic nitrogens is 2. The number of likely N-dealkylation sites (tertiary alicyclic amines) is 1. The molecule has 6 heteroatoms. The Morgan fingerprint density at radius 2 is 2.18 bits per heavy atom. The summed E-state index contributed by atoms with van der Waals surface area (Å²) in [5.74, 6) is 1.42. The molecule has 1 aliphatic rings. The molecule has 1 aliphatic heterocycles. The first kappa shape index (κ1) is 14.8. The minimum atomic E-state index is -0.0289. The number of hydrogen-bond acceptors (Lipinski definition) is 5. The summed E-state index contributed by atoms with van der Waals surface area (Å²) in [6.07, 6.45) is 3.77. The molecule has 0 radical (unpaired) electrons. The zero-order valence-electron chi connectivity index (χ0n) is 13.3. The molecular formula is C16H21N3O3. The van der Waals surface area contributed by atoms with Crippen LogP contribution < -0.4 is 0 Å². The van der Waals surface area contributed by atoms with Gasteiger partial charge in [-0.2, -0.15) is 0 Å². The third kappa shape index (κ3) is 2.53. The number of hydrogen-bond donors (Lipinski definition) is 0. The fraction of sp³-hybridized carbons (Fsp3) is 0.562. The van der Waals surface area contributed by atoms with E-state index in [9.17, 15) is 4.79 Å². The number of amides is 1. The van der Waals surface area contributed by atoms with E-state index in [4.69, 9.17) is 9.05 Å². The van der Waals surface area contributed by atoms with E-state index in [0.29, 0.717) is 17.0 Å². The molecule has 1 amide bonds. The van der Waals surface area contributed by atoms with Gasteiger partial charge in [-0.05, 0) is 33.1 Å². The maximum absolute atomic E-state index is 12.8. The summed E-state index contributed by atoms with van der Waals surface area (Å²) >= 11 is 0. The predicted octanol–water partition coefficient (Wildman–Crippen LogP) is 3.21. The molecule has 3 rings (SSSR count). The molecule has 0 spiro atoms. The molecule has 0 aliphatic carbocycles. The first-order chi connectivity index (χ1) is 10.6. The lowest BCUT2D eigenvalue weighted by atomic mass is 10.1. The lowest BCUT2D eigenvalue weighted by Crippen LogP contribution is -2.31. The van der Waals surface area contributed by atoms with Gasteiger partial charge in [0.05, 0.1) is 11.7 Å². The Morgan fingerprint density at radius 3 is 2.86 bits per heavy atom. The van der Waals surface area contributed by atoms with Gasteiger partial charge in [0.15, 0.2) is 0 Å². The van der Waals surface area contributed by atoms with E-state index in [0.717, 1.165) is 43.7 Å². The lowest BCUT2D eigenvalue weighted by Gasteiger charge is -2.22. The van der Waals surface area contributed by atoms with Crippen molar-refractivity contribution in [2.75, 3.05) is 6.54 Å². The molecule has 2 aromatic heterocycles. The van der Waals surface area contributed by atoms with Gasteiger partial charge in [0, 0.05) is 19.0 Å². The Balaban J connectivity index is 1.85. The normalized spacial score (nSPS) is 18.1. The predicted molar refractivity (Wildman–Crippen MR) is 79.5 cm³/mol. The van der Waals surface area contributed by atoms with Gasteiger partial charge in [-0.15, -0.1) is 0 Å². The van der Waals surface area contributed by atoms with Crippen LogP contribution in [-0.4, -0.2) is 27.7 Å². The van der Waals surface area contributed by atoms with E-state index >= 15 is 0 Å². The molecule has 0 aromatic carbocycles. The monoisotopic (exact) mass is 303 g/mol. The van der Waals surface area contributed by atoms with E-state index in [2.05, 4.69) is 17.2 Å². The van der Waals surface area contributed by atoms with Gasteiger partial charge in [-0.1, -0.05) is 17.2 Å². The van der Waals surface area contributed by atoms with Crippen molar-refractivity contribution in [3.63, 3.8) is 0 Å². The Labute approximate surface area is 129 Å². The molecule has 6 nitrogen and oxygen atoms in total. The van der Waals surface area contributed by atoms with Crippen molar-refractivity contribution in [2.45, 2.75) is 52.5 Å². The second-order valence-electron chi connectivity index (χ2n) is 5.82. The summed E-state index contributed by atoms with van der Waals surface area (Å²) in [5.41, 5.74) is 2.06. The number of nitrogens with zero attached hydrogens (tertiary/aromatic N) is 3. The second kappa shape index (κ2) is 5.94. The van der Waals surface area contributed by atoms with Crippen molar-refractivity contribution in [3.8, 4) is 0 Å². The number of carbonyl (C=O) groups is 1. The number of rotatable bonds is 4. The van der Waals surface area contributed by atoms with E-state index in [1.807, 2.05) is 11.0 Å². The molecule has 1 saturated heterocycles. The topological polar surface area (TPSA) is 72.4 Å². The number of carbonyl (C=O) groups excluding carboxylic acids is 1. The third-order valence-corrected chi connectivity index (χ3v) is 4.18. The van der Waals surface area contributed by atoms with Gasteiger partial charge in [0.25, 0.3) is 5.91 Å². The number of aryl methyl sites for hydroxylation is 3. The van der Waals surface area contributed by atoms with Crippen LogP contribution in [-0.2, 0) is 6.42 Å². The van der Waals surface area contributed by atoms with E-state index in [1.54, 1.807) is 13.8 Å². The van der Waals surface area contributed by atoms with Crippen LogP contribution in [0.15, 0.2) is 15.1 Å². The molecule has 118 valence electrons. The van der Waals surface area contributed by atoms with Gasteiger partial charge in [-0.25, -0.2) is 0 Å². The lowest BCUT2D eigenvalue weighted by molar-refractivity contribution is 0.0728. The van der Waals surface area contributed by atoms with E-state index in [-0.39, 0.29) is 11.9 Å². The Hall–Kier alpha value is -2.11. The SMILES string of the molecule is CCCc1cc([C@H]2CCCN2C(=O)c2c(C)noc2C)no1. The highest BCUT2D eigenvalue weighted by molar-refractivity contribution is 5.96. The molecule has 1 atom stereocenters. The Kier molecular flexibility index (Phi) is 4.00. The highest BCUT2D eigenvalue weighted by atomic mass is 16.5. The van der Waals surface area contributed by atoms with Gasteiger partial charge in [-0.3, -0.25) is 4.79 Å². The van der Waals surface area contributed by atoms with Crippen LogP contribution in [0.2, 0.25) is 0 Å². The van der Waals surface area contributed by atoms with Gasteiger partial charge in [0.1, 0.15) is 22.8 Å². The highest BCUT2D eigenvalue weighted by Gasteiger charge is 2.35. The van der Waals surface area contributed by atoms with Crippen molar-refractivity contribution >= 4 is 5.91 Å². The summed E-state index contributed by atoms with van der Waals surface area (Å²) in [6.45, 7) is 6.40. The molecule has 3 heterocycles. The van der Waals surface area contributed by atoms with Gasteiger partial charge >= 0.3 is 0 Å². The molecule has 0 unspecified atom stereocenters. The van der Waals surface area contributed by atoms with E-state index < -0.39 is 0 Å². The zero-order chi connectivity index (χ0) is 15.7. The smallest absolute Gasteiger partial charge is 0.259 e. The fourth-order valence-corrected chi connectivity index (χ4v) is 3.10. The summed E-state index contributed by atoms with van der Waals surface area (Å²) < 4.78 is 10.5. The van der Waals surface area contributed by atoms with Crippen molar-refractivity contribution in [3.05, 3.63) is 34.5 Å². The van der Waals surface area contributed by atoms with Crippen molar-refractivity contribution in [1.82, 2.24) is 15.2 Å². The van der Waals surface area contributed by atoms with Crippen LogP contribution in [0.1, 0.15) is 65.5 Å². The zero-order valence-corrected chi connectivity index (χ0v) is 13.3. The standard InChI is InChI=1S/C16H21N3O3/c1-4-6-12-9-13(18-22-12)14-7-5-8-19(14)16(20)15-10(2)17-21-11(15)3/h9,14H,4-8H2,1-3H3/t14-/m1/s1. The summed E-state index contributed by atoms with van der Waals surface area (Å²) in [6, 6.07) is 1.96. The van der Waals surface area contributed by atoms with E-state index in [1.165, 1.54) is 0 Å². The summed E-state index contributed by atoms with van der Waals surface area (Å²) in [5, 5.41) is 8.05. The Bertz CT molecular complexity index is 654. The van der Waals surface area contributed by atoms with Crippen LogP contribution in [0.5, 0.6) is 0 Å². The molecule has 1 fully saturated rings. The molecule has 0 bridgehead atoms. The average molecular weight is 303 g/mol. The van der Waals surface area contributed by atoms with Crippen LogP contribution >= 0.6 is 0 Å². The Morgan fingerprint density at radius 1 is 1.36 bits per heavy atom.